The number of hydrogen-bond acceptors (Lipinski definition) is 6. The van der Waals surface area contributed by atoms with Gasteiger partial charge in [0.25, 0.3) is 0 Å². The van der Waals surface area contributed by atoms with Gasteiger partial charge >= 0.3 is 5.97 Å². The largest absolute Gasteiger partial charge is 0.465 e. The predicted octanol–water partition coefficient (Wildman–Crippen LogP) is 4.27. The number of carbonyl (C=O) groups excluding carboxylic acids is 1. The second-order valence-corrected chi connectivity index (χ2v) is 5.70. The van der Waals surface area contributed by atoms with Gasteiger partial charge in [-0.05, 0) is 18.2 Å². The van der Waals surface area contributed by atoms with E-state index < -0.39 is 0 Å². The summed E-state index contributed by atoms with van der Waals surface area (Å²) in [6.07, 6.45) is 1.76. The van der Waals surface area contributed by atoms with Crippen molar-refractivity contribution in [2.24, 2.45) is 0 Å². The molecule has 0 radical (unpaired) electrons. The highest BCUT2D eigenvalue weighted by Crippen LogP contribution is 2.23. The number of ether oxygens (including phenoxy) is 1. The molecule has 2 N–H and O–H groups in total. The first-order valence-electron chi connectivity index (χ1n) is 8.44. The Bertz CT molecular complexity index is 942. The van der Waals surface area contributed by atoms with Gasteiger partial charge in [0.1, 0.15) is 11.6 Å². The van der Waals surface area contributed by atoms with E-state index in [1.165, 1.54) is 7.11 Å². The predicted molar refractivity (Wildman–Crippen MR) is 107 cm³/mol. The third-order valence-corrected chi connectivity index (χ3v) is 3.74. The Kier molecular flexibility index (Phi) is 5.79. The van der Waals surface area contributed by atoms with Crippen molar-refractivity contribution in [1.82, 2.24) is 9.97 Å². The molecule has 1 heterocycles. The van der Waals surface area contributed by atoms with Gasteiger partial charge in [0.15, 0.2) is 5.82 Å². The zero-order valence-electron chi connectivity index (χ0n) is 15.0. The molecule has 0 amide bonds. The number of nitrogens with zero attached hydrogens (tertiary/aromatic N) is 2. The third-order valence-electron chi connectivity index (χ3n) is 3.74. The molecule has 6 heteroatoms. The Morgan fingerprint density at radius 1 is 1.07 bits per heavy atom. The highest BCUT2D eigenvalue weighted by atomic mass is 16.5. The molecule has 0 fully saturated rings. The molecule has 6 nitrogen and oxygen atoms in total. The van der Waals surface area contributed by atoms with Gasteiger partial charge in [-0.15, -0.1) is 6.58 Å². The minimum Gasteiger partial charge on any atom is -0.465 e. The van der Waals surface area contributed by atoms with Gasteiger partial charge in [-0.3, -0.25) is 0 Å². The summed E-state index contributed by atoms with van der Waals surface area (Å²) in [4.78, 5) is 20.9. The summed E-state index contributed by atoms with van der Waals surface area (Å²) < 4.78 is 4.77. The van der Waals surface area contributed by atoms with E-state index in [1.54, 1.807) is 30.3 Å². The smallest absolute Gasteiger partial charge is 0.337 e. The summed E-state index contributed by atoms with van der Waals surface area (Å²) in [6, 6.07) is 18.6. The standard InChI is InChI=1S/C21H20N4O2/c1-3-12-22-18-14-19(25-20(24-18)15-8-5-4-6-9-15)23-17-11-7-10-16(13-17)21(26)27-2/h3-11,13-14H,1,12H2,2H3,(H2,22,23,24,25). The average Bonchev–Trinajstić information content (AvgIpc) is 2.72. The minimum atomic E-state index is -0.389. The molecule has 0 saturated carbocycles. The van der Waals surface area contributed by atoms with Gasteiger partial charge in [-0.25, -0.2) is 14.8 Å². The van der Waals surface area contributed by atoms with Crippen molar-refractivity contribution in [3.05, 3.63) is 78.9 Å². The van der Waals surface area contributed by atoms with Crippen molar-refractivity contribution in [2.75, 3.05) is 24.3 Å². The van der Waals surface area contributed by atoms with Crippen LogP contribution in [-0.2, 0) is 4.74 Å². The first-order valence-corrected chi connectivity index (χ1v) is 8.44. The number of hydrogen-bond donors (Lipinski definition) is 2. The van der Waals surface area contributed by atoms with E-state index in [4.69, 9.17) is 4.74 Å². The summed E-state index contributed by atoms with van der Waals surface area (Å²) >= 11 is 0. The second-order valence-electron chi connectivity index (χ2n) is 5.70. The summed E-state index contributed by atoms with van der Waals surface area (Å²) in [5, 5.41) is 6.41. The Labute approximate surface area is 157 Å². The van der Waals surface area contributed by atoms with Crippen LogP contribution in [0.4, 0.5) is 17.3 Å². The van der Waals surface area contributed by atoms with E-state index >= 15 is 0 Å². The maximum atomic E-state index is 11.7. The number of benzene rings is 2. The summed E-state index contributed by atoms with van der Waals surface area (Å²) in [5.74, 6) is 1.49. The molecule has 0 atom stereocenters. The van der Waals surface area contributed by atoms with Gasteiger partial charge in [-0.2, -0.15) is 0 Å². The maximum absolute atomic E-state index is 11.7. The quantitative estimate of drug-likeness (QED) is 0.484. The van der Waals surface area contributed by atoms with Crippen LogP contribution < -0.4 is 10.6 Å². The Morgan fingerprint density at radius 3 is 2.59 bits per heavy atom. The minimum absolute atomic E-state index is 0.389. The number of aromatic nitrogens is 2. The van der Waals surface area contributed by atoms with E-state index in [0.717, 1.165) is 11.3 Å². The first kappa shape index (κ1) is 18.1. The van der Waals surface area contributed by atoms with Crippen molar-refractivity contribution in [3.63, 3.8) is 0 Å². The molecule has 2 aromatic carbocycles. The highest BCUT2D eigenvalue weighted by Gasteiger charge is 2.09. The topological polar surface area (TPSA) is 76.1 Å². The molecule has 1 aromatic heterocycles. The summed E-state index contributed by atoms with van der Waals surface area (Å²) in [7, 11) is 1.36. The van der Waals surface area contributed by atoms with Crippen LogP contribution in [0.15, 0.2) is 73.3 Å². The van der Waals surface area contributed by atoms with Crippen molar-refractivity contribution in [2.45, 2.75) is 0 Å². The molecule has 0 bridgehead atoms. The number of esters is 1. The molecule has 136 valence electrons. The van der Waals surface area contributed by atoms with Crippen LogP contribution in [0.2, 0.25) is 0 Å². The first-order chi connectivity index (χ1) is 13.2. The van der Waals surface area contributed by atoms with Crippen molar-refractivity contribution in [1.29, 1.82) is 0 Å². The maximum Gasteiger partial charge on any atom is 0.337 e. The van der Waals surface area contributed by atoms with Crippen molar-refractivity contribution >= 4 is 23.3 Å². The average molecular weight is 360 g/mol. The van der Waals surface area contributed by atoms with E-state index in [2.05, 4.69) is 27.2 Å². The highest BCUT2D eigenvalue weighted by molar-refractivity contribution is 5.90. The van der Waals surface area contributed by atoms with Crippen LogP contribution in [0.5, 0.6) is 0 Å². The lowest BCUT2D eigenvalue weighted by atomic mass is 10.2. The lowest BCUT2D eigenvalue weighted by Gasteiger charge is -2.11. The Hall–Kier alpha value is -3.67. The molecule has 0 aliphatic carbocycles. The van der Waals surface area contributed by atoms with Gasteiger partial charge in [0, 0.05) is 23.9 Å². The number of carbonyl (C=O) groups is 1. The van der Waals surface area contributed by atoms with Crippen LogP contribution in [0.3, 0.4) is 0 Å². The van der Waals surface area contributed by atoms with Gasteiger partial charge in [0.05, 0.1) is 12.7 Å². The zero-order valence-corrected chi connectivity index (χ0v) is 15.0. The monoisotopic (exact) mass is 360 g/mol. The molecule has 27 heavy (non-hydrogen) atoms. The lowest BCUT2D eigenvalue weighted by Crippen LogP contribution is -2.05. The fourth-order valence-electron chi connectivity index (χ4n) is 2.48. The van der Waals surface area contributed by atoms with Gasteiger partial charge in [0.2, 0.25) is 0 Å². The van der Waals surface area contributed by atoms with E-state index in [1.807, 2.05) is 36.4 Å². The molecular formula is C21H20N4O2. The Morgan fingerprint density at radius 2 is 1.85 bits per heavy atom. The van der Waals surface area contributed by atoms with Crippen LogP contribution in [0.25, 0.3) is 11.4 Å². The molecule has 0 spiro atoms. The normalized spacial score (nSPS) is 10.1. The van der Waals surface area contributed by atoms with E-state index in [0.29, 0.717) is 29.6 Å². The third kappa shape index (κ3) is 4.70. The van der Waals surface area contributed by atoms with Crippen LogP contribution in [0, 0.1) is 0 Å². The van der Waals surface area contributed by atoms with Crippen LogP contribution in [0.1, 0.15) is 10.4 Å². The fourth-order valence-corrected chi connectivity index (χ4v) is 2.48. The van der Waals surface area contributed by atoms with E-state index in [-0.39, 0.29) is 5.97 Å². The summed E-state index contributed by atoms with van der Waals surface area (Å²) in [5.41, 5.74) is 2.10. The zero-order chi connectivity index (χ0) is 19.1. The van der Waals surface area contributed by atoms with Crippen LogP contribution in [-0.4, -0.2) is 29.6 Å². The molecule has 3 rings (SSSR count). The Balaban J connectivity index is 1.94. The lowest BCUT2D eigenvalue weighted by molar-refractivity contribution is 0.0601. The SMILES string of the molecule is C=CCNc1cc(Nc2cccc(C(=O)OC)c2)nc(-c2ccccc2)n1. The molecule has 0 aliphatic heterocycles. The molecule has 0 aliphatic rings. The number of anilines is 3. The molecular weight excluding hydrogens is 340 g/mol. The number of nitrogens with one attached hydrogen (secondary N) is 2. The van der Waals surface area contributed by atoms with Crippen molar-refractivity contribution < 1.29 is 9.53 Å². The molecule has 0 saturated heterocycles. The van der Waals surface area contributed by atoms with Crippen LogP contribution >= 0.6 is 0 Å². The summed E-state index contributed by atoms with van der Waals surface area (Å²) in [6.45, 7) is 4.30. The molecule has 0 unspecified atom stereocenters. The van der Waals surface area contributed by atoms with Crippen molar-refractivity contribution in [3.8, 4) is 11.4 Å². The second kappa shape index (κ2) is 8.62. The van der Waals surface area contributed by atoms with Gasteiger partial charge < -0.3 is 15.4 Å². The number of rotatable bonds is 7. The number of methoxy groups -OCH3 is 1. The van der Waals surface area contributed by atoms with E-state index in [9.17, 15) is 4.79 Å². The van der Waals surface area contributed by atoms with Gasteiger partial charge in [-0.1, -0.05) is 42.5 Å². The fraction of sp³-hybridized carbons (Fsp3) is 0.0952. The molecule has 3 aromatic rings.